The van der Waals surface area contributed by atoms with Crippen molar-refractivity contribution in [2.75, 3.05) is 13.2 Å². The van der Waals surface area contributed by atoms with Crippen molar-refractivity contribution in [2.24, 2.45) is 11.8 Å². The van der Waals surface area contributed by atoms with Crippen LogP contribution in [0.25, 0.3) is 0 Å². The van der Waals surface area contributed by atoms with Gasteiger partial charge in [-0.15, -0.1) is 0 Å². The Morgan fingerprint density at radius 2 is 1.71 bits per heavy atom. The number of aliphatic hydroxyl groups excluding tert-OH is 1. The van der Waals surface area contributed by atoms with E-state index >= 15 is 0 Å². The maximum absolute atomic E-state index is 12.4. The van der Waals surface area contributed by atoms with Gasteiger partial charge in [-0.05, 0) is 37.0 Å². The summed E-state index contributed by atoms with van der Waals surface area (Å²) >= 11 is 0. The second-order valence-electron chi connectivity index (χ2n) is 6.75. The topological polar surface area (TPSA) is 66.8 Å². The van der Waals surface area contributed by atoms with E-state index in [-0.39, 0.29) is 36.8 Å². The van der Waals surface area contributed by atoms with E-state index in [0.29, 0.717) is 5.75 Å². The van der Waals surface area contributed by atoms with Crippen LogP contribution in [0.3, 0.4) is 0 Å². The summed E-state index contributed by atoms with van der Waals surface area (Å²) in [6.07, 6.45) is 3.69. The lowest BCUT2D eigenvalue weighted by Crippen LogP contribution is -2.40. The zero-order chi connectivity index (χ0) is 17.1. The van der Waals surface area contributed by atoms with Gasteiger partial charge in [-0.25, -0.2) is 0 Å². The number of ether oxygens (including phenoxy) is 1. The number of carbonyl (C=O) groups excluding carboxylic acids is 2. The Morgan fingerprint density at radius 1 is 1.12 bits per heavy atom. The SMILES string of the molecule is CCc1ccc(OCC(O)CN2C(=O)C3CCCCC3C2=O)cc1. The number of nitrogens with zero attached hydrogens (tertiary/aromatic N) is 1. The summed E-state index contributed by atoms with van der Waals surface area (Å²) in [5.41, 5.74) is 1.22. The zero-order valence-corrected chi connectivity index (χ0v) is 14.1. The molecule has 0 bridgehead atoms. The summed E-state index contributed by atoms with van der Waals surface area (Å²) in [4.78, 5) is 26.0. The quantitative estimate of drug-likeness (QED) is 0.811. The summed E-state index contributed by atoms with van der Waals surface area (Å²) in [6.45, 7) is 2.18. The van der Waals surface area contributed by atoms with Crippen molar-refractivity contribution in [3.63, 3.8) is 0 Å². The van der Waals surface area contributed by atoms with Gasteiger partial charge in [0.25, 0.3) is 0 Å². The lowest BCUT2D eigenvalue weighted by atomic mass is 9.81. The molecule has 0 aromatic heterocycles. The highest BCUT2D eigenvalue weighted by Gasteiger charge is 2.48. The van der Waals surface area contributed by atoms with Crippen LogP contribution in [-0.4, -0.2) is 41.1 Å². The van der Waals surface area contributed by atoms with E-state index in [1.165, 1.54) is 10.5 Å². The van der Waals surface area contributed by atoms with Gasteiger partial charge in [0.1, 0.15) is 18.5 Å². The van der Waals surface area contributed by atoms with Crippen LogP contribution in [-0.2, 0) is 16.0 Å². The summed E-state index contributed by atoms with van der Waals surface area (Å²) in [5, 5.41) is 10.2. The predicted molar refractivity (Wildman–Crippen MR) is 89.5 cm³/mol. The molecule has 2 fully saturated rings. The second-order valence-corrected chi connectivity index (χ2v) is 6.75. The number of aryl methyl sites for hydroxylation is 1. The molecule has 1 heterocycles. The molecule has 0 spiro atoms. The number of carbonyl (C=O) groups is 2. The van der Waals surface area contributed by atoms with Gasteiger partial charge in [0.2, 0.25) is 11.8 Å². The molecule has 5 nitrogen and oxygen atoms in total. The molecule has 3 unspecified atom stereocenters. The highest BCUT2D eigenvalue weighted by Crippen LogP contribution is 2.37. The highest BCUT2D eigenvalue weighted by molar-refractivity contribution is 6.05. The summed E-state index contributed by atoms with van der Waals surface area (Å²) in [5.74, 6) is 0.119. The van der Waals surface area contributed by atoms with Gasteiger partial charge in [0.05, 0.1) is 18.4 Å². The van der Waals surface area contributed by atoms with E-state index in [0.717, 1.165) is 32.1 Å². The Hall–Kier alpha value is -1.88. The average Bonchev–Trinajstić information content (AvgIpc) is 2.86. The molecule has 1 aromatic rings. The molecule has 2 aliphatic rings. The Labute approximate surface area is 142 Å². The Kier molecular flexibility index (Phi) is 5.19. The minimum absolute atomic E-state index is 0.0255. The maximum Gasteiger partial charge on any atom is 0.233 e. The first-order valence-corrected chi connectivity index (χ1v) is 8.85. The number of likely N-dealkylation sites (tertiary alicyclic amines) is 1. The number of imide groups is 1. The van der Waals surface area contributed by atoms with Gasteiger partial charge >= 0.3 is 0 Å². The van der Waals surface area contributed by atoms with Crippen LogP contribution >= 0.6 is 0 Å². The van der Waals surface area contributed by atoms with Crippen LogP contribution in [0.15, 0.2) is 24.3 Å². The van der Waals surface area contributed by atoms with Crippen molar-refractivity contribution in [2.45, 2.75) is 45.1 Å². The third-order valence-corrected chi connectivity index (χ3v) is 5.10. The number of rotatable bonds is 6. The fraction of sp³-hybridized carbons (Fsp3) is 0.579. The normalized spacial score (nSPS) is 24.8. The second kappa shape index (κ2) is 7.34. The molecule has 2 amide bonds. The average molecular weight is 331 g/mol. The third kappa shape index (κ3) is 3.46. The van der Waals surface area contributed by atoms with Crippen LogP contribution in [0.4, 0.5) is 0 Å². The van der Waals surface area contributed by atoms with Crippen molar-refractivity contribution in [3.05, 3.63) is 29.8 Å². The molecule has 1 N–H and O–H groups in total. The molecule has 3 atom stereocenters. The number of fused-ring (bicyclic) bond motifs is 1. The van der Waals surface area contributed by atoms with Crippen molar-refractivity contribution in [1.29, 1.82) is 0 Å². The first kappa shape index (κ1) is 17.0. The van der Waals surface area contributed by atoms with Crippen molar-refractivity contribution in [3.8, 4) is 5.75 Å². The molecule has 24 heavy (non-hydrogen) atoms. The predicted octanol–water partition coefficient (Wildman–Crippen LogP) is 2.16. The largest absolute Gasteiger partial charge is 0.491 e. The van der Waals surface area contributed by atoms with E-state index < -0.39 is 6.10 Å². The number of β-amino-alcohol motifs (C(OH)–C–C–N with tert-alkyl or cyclic N) is 1. The molecule has 5 heteroatoms. The van der Waals surface area contributed by atoms with Crippen molar-refractivity contribution < 1.29 is 19.4 Å². The van der Waals surface area contributed by atoms with E-state index in [1.807, 2.05) is 24.3 Å². The fourth-order valence-corrected chi connectivity index (χ4v) is 3.69. The smallest absolute Gasteiger partial charge is 0.233 e. The lowest BCUT2D eigenvalue weighted by Gasteiger charge is -2.19. The standard InChI is InChI=1S/C19H25NO4/c1-2-13-7-9-15(10-8-13)24-12-14(21)11-20-18(22)16-5-3-4-6-17(16)19(20)23/h7-10,14,16-17,21H,2-6,11-12H2,1H3. The van der Waals surface area contributed by atoms with Gasteiger partial charge in [-0.3, -0.25) is 14.5 Å². The first-order chi connectivity index (χ1) is 11.6. The van der Waals surface area contributed by atoms with E-state index in [1.54, 1.807) is 0 Å². The molecule has 1 aromatic carbocycles. The molecule has 130 valence electrons. The van der Waals surface area contributed by atoms with E-state index in [9.17, 15) is 14.7 Å². The van der Waals surface area contributed by atoms with Crippen molar-refractivity contribution >= 4 is 11.8 Å². The van der Waals surface area contributed by atoms with Gasteiger partial charge in [-0.2, -0.15) is 0 Å². The highest BCUT2D eigenvalue weighted by atomic mass is 16.5. The van der Waals surface area contributed by atoms with E-state index in [4.69, 9.17) is 4.74 Å². The number of benzene rings is 1. The number of hydrogen-bond acceptors (Lipinski definition) is 4. The molecule has 1 aliphatic heterocycles. The van der Waals surface area contributed by atoms with Gasteiger partial charge in [-0.1, -0.05) is 31.9 Å². The van der Waals surface area contributed by atoms with Gasteiger partial charge in [0, 0.05) is 0 Å². The van der Waals surface area contributed by atoms with Crippen LogP contribution < -0.4 is 4.74 Å². The van der Waals surface area contributed by atoms with Crippen molar-refractivity contribution in [1.82, 2.24) is 4.90 Å². The number of hydrogen-bond donors (Lipinski definition) is 1. The summed E-state index contributed by atoms with van der Waals surface area (Å²) < 4.78 is 5.57. The molecule has 1 aliphatic carbocycles. The van der Waals surface area contributed by atoms with Crippen LogP contribution in [0.5, 0.6) is 5.75 Å². The monoisotopic (exact) mass is 331 g/mol. The molecule has 3 rings (SSSR count). The minimum atomic E-state index is -0.871. The van der Waals surface area contributed by atoms with E-state index in [2.05, 4.69) is 6.92 Å². The molecular weight excluding hydrogens is 306 g/mol. The third-order valence-electron chi connectivity index (χ3n) is 5.10. The zero-order valence-electron chi connectivity index (χ0n) is 14.1. The summed E-state index contributed by atoms with van der Waals surface area (Å²) in [7, 11) is 0. The Morgan fingerprint density at radius 3 is 2.25 bits per heavy atom. The molecule has 0 radical (unpaired) electrons. The molecular formula is C19H25NO4. The van der Waals surface area contributed by atoms with Gasteiger partial charge < -0.3 is 9.84 Å². The lowest BCUT2D eigenvalue weighted by molar-refractivity contribution is -0.141. The maximum atomic E-state index is 12.4. The number of aliphatic hydroxyl groups is 1. The Bertz CT molecular complexity index is 574. The molecule has 1 saturated carbocycles. The van der Waals surface area contributed by atoms with Crippen LogP contribution in [0.2, 0.25) is 0 Å². The number of amides is 2. The van der Waals surface area contributed by atoms with Gasteiger partial charge in [0.15, 0.2) is 0 Å². The minimum Gasteiger partial charge on any atom is -0.491 e. The first-order valence-electron chi connectivity index (χ1n) is 8.85. The fourth-order valence-electron chi connectivity index (χ4n) is 3.69. The Balaban J connectivity index is 1.53. The molecule has 1 saturated heterocycles. The van der Waals surface area contributed by atoms with Crippen LogP contribution in [0.1, 0.15) is 38.2 Å². The van der Waals surface area contributed by atoms with Crippen LogP contribution in [0, 0.1) is 11.8 Å². The summed E-state index contributed by atoms with van der Waals surface area (Å²) in [6, 6.07) is 7.71.